The van der Waals surface area contributed by atoms with Crippen LogP contribution in [-0.2, 0) is 0 Å². The molecule has 0 unspecified atom stereocenters. The van der Waals surface area contributed by atoms with Crippen LogP contribution in [0.25, 0.3) is 0 Å². The van der Waals surface area contributed by atoms with Crippen molar-refractivity contribution in [2.75, 3.05) is 11.1 Å². The zero-order valence-electron chi connectivity index (χ0n) is 11.6. The maximum Gasteiger partial charge on any atom is 0.278 e. The van der Waals surface area contributed by atoms with Crippen LogP contribution in [0, 0.1) is 6.92 Å². The lowest BCUT2D eigenvalue weighted by atomic mass is 10.1. The Bertz CT molecular complexity index is 649. The second kappa shape index (κ2) is 5.66. The number of aromatic nitrogens is 2. The lowest BCUT2D eigenvalue weighted by Gasteiger charge is -2.08. The van der Waals surface area contributed by atoms with Crippen molar-refractivity contribution in [2.45, 2.75) is 26.7 Å². The van der Waals surface area contributed by atoms with Crippen LogP contribution in [0.4, 0.5) is 11.4 Å². The van der Waals surface area contributed by atoms with Gasteiger partial charge in [0.2, 0.25) is 0 Å². The third kappa shape index (κ3) is 2.85. The molecule has 0 atom stereocenters. The SMILES string of the molecule is Cc1ccc(Br)cc1NC(=O)c1n[nH]c(C(C)C)c1N. The van der Waals surface area contributed by atoms with Crippen LogP contribution < -0.4 is 11.1 Å². The third-order valence-corrected chi connectivity index (χ3v) is 3.57. The predicted octanol–water partition coefficient (Wildman–Crippen LogP) is 3.44. The van der Waals surface area contributed by atoms with Crippen molar-refractivity contribution in [3.63, 3.8) is 0 Å². The van der Waals surface area contributed by atoms with E-state index >= 15 is 0 Å². The van der Waals surface area contributed by atoms with Gasteiger partial charge in [0.15, 0.2) is 5.69 Å². The molecule has 0 aliphatic carbocycles. The summed E-state index contributed by atoms with van der Waals surface area (Å²) in [5.74, 6) is -0.122. The number of aromatic amines is 1. The molecule has 1 aromatic carbocycles. The zero-order chi connectivity index (χ0) is 14.9. The summed E-state index contributed by atoms with van der Waals surface area (Å²) < 4.78 is 0.899. The van der Waals surface area contributed by atoms with Crippen LogP contribution in [0.15, 0.2) is 22.7 Å². The number of nitrogens with one attached hydrogen (secondary N) is 2. The first kappa shape index (κ1) is 14.6. The van der Waals surface area contributed by atoms with Gasteiger partial charge in [-0.15, -0.1) is 0 Å². The van der Waals surface area contributed by atoms with Crippen LogP contribution in [-0.4, -0.2) is 16.1 Å². The Kier molecular flexibility index (Phi) is 4.13. The molecule has 0 radical (unpaired) electrons. The minimum absolute atomic E-state index is 0.191. The molecule has 0 saturated heterocycles. The van der Waals surface area contributed by atoms with E-state index in [0.717, 1.165) is 21.4 Å². The number of nitrogen functional groups attached to an aromatic ring is 1. The highest BCUT2D eigenvalue weighted by atomic mass is 79.9. The first-order chi connectivity index (χ1) is 9.40. The first-order valence-corrected chi connectivity index (χ1v) is 7.10. The van der Waals surface area contributed by atoms with E-state index in [1.807, 2.05) is 39.0 Å². The van der Waals surface area contributed by atoms with Crippen molar-refractivity contribution in [3.05, 3.63) is 39.6 Å². The lowest BCUT2D eigenvalue weighted by molar-refractivity contribution is 0.102. The highest BCUT2D eigenvalue weighted by molar-refractivity contribution is 9.10. The number of H-pyrrole nitrogens is 1. The molecule has 20 heavy (non-hydrogen) atoms. The maximum absolute atomic E-state index is 12.2. The monoisotopic (exact) mass is 336 g/mol. The Labute approximate surface area is 126 Å². The third-order valence-electron chi connectivity index (χ3n) is 3.07. The summed E-state index contributed by atoms with van der Waals surface area (Å²) >= 11 is 3.38. The summed E-state index contributed by atoms with van der Waals surface area (Å²) in [6.07, 6.45) is 0. The summed E-state index contributed by atoms with van der Waals surface area (Å²) in [5, 5.41) is 9.66. The summed E-state index contributed by atoms with van der Waals surface area (Å²) in [6.45, 7) is 5.91. The lowest BCUT2D eigenvalue weighted by Crippen LogP contribution is -2.15. The number of carbonyl (C=O) groups is 1. The topological polar surface area (TPSA) is 83.8 Å². The van der Waals surface area contributed by atoms with Gasteiger partial charge < -0.3 is 11.1 Å². The van der Waals surface area contributed by atoms with Gasteiger partial charge in [-0.2, -0.15) is 5.10 Å². The summed E-state index contributed by atoms with van der Waals surface area (Å²) in [5.41, 5.74) is 9.09. The number of nitrogens with two attached hydrogens (primary N) is 1. The summed E-state index contributed by atoms with van der Waals surface area (Å²) in [4.78, 5) is 12.2. The van der Waals surface area contributed by atoms with Gasteiger partial charge in [0.05, 0.1) is 11.4 Å². The number of hydrogen-bond acceptors (Lipinski definition) is 3. The fourth-order valence-electron chi connectivity index (χ4n) is 1.89. The number of amides is 1. The van der Waals surface area contributed by atoms with Crippen LogP contribution in [0.3, 0.4) is 0 Å². The number of hydrogen-bond donors (Lipinski definition) is 3. The Morgan fingerprint density at radius 3 is 2.75 bits per heavy atom. The van der Waals surface area contributed by atoms with Gasteiger partial charge in [-0.05, 0) is 30.5 Å². The number of anilines is 2. The molecule has 1 aromatic heterocycles. The fourth-order valence-corrected chi connectivity index (χ4v) is 2.25. The quantitative estimate of drug-likeness (QED) is 0.802. The maximum atomic E-state index is 12.2. The van der Waals surface area contributed by atoms with Gasteiger partial charge in [0.1, 0.15) is 0 Å². The number of carbonyl (C=O) groups excluding carboxylic acids is 1. The van der Waals surface area contributed by atoms with Crippen molar-refractivity contribution < 1.29 is 4.79 Å². The van der Waals surface area contributed by atoms with Crippen molar-refractivity contribution >= 4 is 33.2 Å². The predicted molar refractivity (Wildman–Crippen MR) is 83.9 cm³/mol. The Balaban J connectivity index is 2.26. The molecule has 0 fully saturated rings. The molecular formula is C14H17BrN4O. The van der Waals surface area contributed by atoms with Crippen molar-refractivity contribution in [2.24, 2.45) is 0 Å². The Hall–Kier alpha value is -1.82. The van der Waals surface area contributed by atoms with Gasteiger partial charge in [-0.3, -0.25) is 9.89 Å². The summed E-state index contributed by atoms with van der Waals surface area (Å²) in [6, 6.07) is 5.69. The molecule has 5 nitrogen and oxygen atoms in total. The number of aryl methyl sites for hydroxylation is 1. The number of nitrogens with zero attached hydrogens (tertiary/aromatic N) is 1. The van der Waals surface area contributed by atoms with E-state index in [1.165, 1.54) is 0 Å². The largest absolute Gasteiger partial charge is 0.395 e. The average Bonchev–Trinajstić information content (AvgIpc) is 2.76. The average molecular weight is 337 g/mol. The van der Waals surface area contributed by atoms with Crippen molar-refractivity contribution in [3.8, 4) is 0 Å². The van der Waals surface area contributed by atoms with Crippen LogP contribution in [0.1, 0.15) is 41.5 Å². The standard InChI is InChI=1S/C14H17BrN4O/c1-7(2)12-11(16)13(19-18-12)14(20)17-10-6-9(15)5-4-8(10)3/h4-7H,16H2,1-3H3,(H,17,20)(H,18,19). The van der Waals surface area contributed by atoms with E-state index < -0.39 is 0 Å². The van der Waals surface area contributed by atoms with E-state index in [4.69, 9.17) is 5.73 Å². The number of rotatable bonds is 3. The molecule has 0 bridgehead atoms. The molecule has 0 saturated carbocycles. The molecule has 2 aromatic rings. The molecule has 0 spiro atoms. The molecule has 0 aliphatic rings. The minimum Gasteiger partial charge on any atom is -0.395 e. The van der Waals surface area contributed by atoms with Crippen LogP contribution in [0.2, 0.25) is 0 Å². The normalized spacial score (nSPS) is 10.8. The van der Waals surface area contributed by atoms with E-state index in [2.05, 4.69) is 31.4 Å². The van der Waals surface area contributed by atoms with Crippen molar-refractivity contribution in [1.82, 2.24) is 10.2 Å². The van der Waals surface area contributed by atoms with Crippen molar-refractivity contribution in [1.29, 1.82) is 0 Å². The first-order valence-electron chi connectivity index (χ1n) is 6.31. The van der Waals surface area contributed by atoms with Gasteiger partial charge in [-0.25, -0.2) is 0 Å². The molecule has 4 N–H and O–H groups in total. The number of benzene rings is 1. The Morgan fingerprint density at radius 1 is 1.45 bits per heavy atom. The van der Waals surface area contributed by atoms with E-state index in [-0.39, 0.29) is 17.5 Å². The smallest absolute Gasteiger partial charge is 0.278 e. The molecule has 1 amide bonds. The van der Waals surface area contributed by atoms with E-state index in [9.17, 15) is 4.79 Å². The molecular weight excluding hydrogens is 320 g/mol. The second-order valence-corrected chi connectivity index (χ2v) is 5.88. The van der Waals surface area contributed by atoms with Crippen LogP contribution in [0.5, 0.6) is 0 Å². The van der Waals surface area contributed by atoms with Gasteiger partial charge >= 0.3 is 0 Å². The Morgan fingerprint density at radius 2 is 2.15 bits per heavy atom. The molecule has 2 rings (SSSR count). The second-order valence-electron chi connectivity index (χ2n) is 4.97. The highest BCUT2D eigenvalue weighted by Crippen LogP contribution is 2.24. The molecule has 1 heterocycles. The zero-order valence-corrected chi connectivity index (χ0v) is 13.2. The fraction of sp³-hybridized carbons (Fsp3) is 0.286. The molecule has 0 aliphatic heterocycles. The van der Waals surface area contributed by atoms with Gasteiger partial charge in [-0.1, -0.05) is 35.8 Å². The highest BCUT2D eigenvalue weighted by Gasteiger charge is 2.19. The van der Waals surface area contributed by atoms with E-state index in [1.54, 1.807) is 0 Å². The molecule has 106 valence electrons. The summed E-state index contributed by atoms with van der Waals surface area (Å²) in [7, 11) is 0. The van der Waals surface area contributed by atoms with E-state index in [0.29, 0.717) is 5.69 Å². The minimum atomic E-state index is -0.313. The van der Waals surface area contributed by atoms with Crippen LogP contribution >= 0.6 is 15.9 Å². The van der Waals surface area contributed by atoms with Gasteiger partial charge in [0.25, 0.3) is 5.91 Å². The van der Waals surface area contributed by atoms with Gasteiger partial charge in [0, 0.05) is 10.2 Å². The number of halogens is 1. The molecule has 6 heteroatoms.